The normalized spacial score (nSPS) is 23.2. The number of benzene rings is 1. The number of amides is 1. The number of anilines is 1. The molecule has 2 heterocycles. The molecule has 1 aromatic rings. The van der Waals surface area contributed by atoms with Crippen molar-refractivity contribution in [2.75, 3.05) is 24.6 Å². The zero-order valence-corrected chi connectivity index (χ0v) is 17.8. The molecule has 1 aromatic carbocycles. The van der Waals surface area contributed by atoms with Crippen molar-refractivity contribution in [1.82, 2.24) is 4.90 Å². The lowest BCUT2D eigenvalue weighted by atomic mass is 9.99. The fourth-order valence-corrected chi connectivity index (χ4v) is 4.98. The molecular weight excluding hydrogens is 420 g/mol. The minimum atomic E-state index is -0.549. The summed E-state index contributed by atoms with van der Waals surface area (Å²) in [6.45, 7) is 6.99. The molecule has 0 bridgehead atoms. The van der Waals surface area contributed by atoms with Crippen molar-refractivity contribution in [3.63, 3.8) is 0 Å². The summed E-state index contributed by atoms with van der Waals surface area (Å²) in [4.78, 5) is 16.6. The minimum absolute atomic E-state index is 0.0573. The Bertz CT molecular complexity index is 692. The van der Waals surface area contributed by atoms with Gasteiger partial charge in [-0.1, -0.05) is 11.6 Å². The van der Waals surface area contributed by atoms with E-state index in [0.29, 0.717) is 6.54 Å². The third kappa shape index (κ3) is 4.12. The van der Waals surface area contributed by atoms with Crippen LogP contribution in [-0.4, -0.2) is 53.5 Å². The molecule has 144 valence electrons. The molecule has 0 saturated carbocycles. The first kappa shape index (κ1) is 19.8. The Morgan fingerprint density at radius 1 is 1.42 bits per heavy atom. The lowest BCUT2D eigenvalue weighted by molar-refractivity contribution is 0.0174. The molecule has 2 aliphatic heterocycles. The maximum Gasteiger partial charge on any atom is 0.410 e. The van der Waals surface area contributed by atoms with Gasteiger partial charge in [0.25, 0.3) is 0 Å². The molecule has 0 radical (unpaired) electrons. The number of halogens is 2. The van der Waals surface area contributed by atoms with Crippen molar-refractivity contribution in [1.29, 1.82) is 0 Å². The molecule has 3 rings (SSSR count). The number of carbonyl (C=O) groups excluding carboxylic acids is 1. The standard InChI is InChI=1S/C19H26BrClN2O3/c1-19(2,3)26-18(25)23-10-14(9-15(23)11-24)22-6-4-5-12-7-13(21)8-16(20)17(12)22/h7-8,14-15,24H,4-6,9-11H2,1-3H3/t14-,15-/m0/s1. The van der Waals surface area contributed by atoms with Crippen LogP contribution in [0.25, 0.3) is 0 Å². The Kier molecular flexibility index (Phi) is 5.75. The van der Waals surface area contributed by atoms with E-state index in [4.69, 9.17) is 16.3 Å². The van der Waals surface area contributed by atoms with E-state index < -0.39 is 5.60 Å². The number of aliphatic hydroxyl groups is 1. The Balaban J connectivity index is 1.83. The number of hydrogen-bond acceptors (Lipinski definition) is 4. The minimum Gasteiger partial charge on any atom is -0.444 e. The van der Waals surface area contributed by atoms with Gasteiger partial charge in [0, 0.05) is 28.6 Å². The highest BCUT2D eigenvalue weighted by atomic mass is 79.9. The van der Waals surface area contributed by atoms with Gasteiger partial charge < -0.3 is 19.6 Å². The average Bonchev–Trinajstić information content (AvgIpc) is 2.96. The van der Waals surface area contributed by atoms with Gasteiger partial charge in [-0.2, -0.15) is 0 Å². The van der Waals surface area contributed by atoms with Crippen molar-refractivity contribution in [3.05, 3.63) is 27.2 Å². The van der Waals surface area contributed by atoms with Gasteiger partial charge in [-0.25, -0.2) is 4.79 Å². The van der Waals surface area contributed by atoms with E-state index in [1.165, 1.54) is 5.56 Å². The summed E-state index contributed by atoms with van der Waals surface area (Å²) in [5, 5.41) is 10.5. The monoisotopic (exact) mass is 444 g/mol. The van der Waals surface area contributed by atoms with E-state index in [-0.39, 0.29) is 24.8 Å². The van der Waals surface area contributed by atoms with Gasteiger partial charge in [0.2, 0.25) is 0 Å². The Morgan fingerprint density at radius 2 is 2.15 bits per heavy atom. The third-order valence-electron chi connectivity index (χ3n) is 4.91. The molecular formula is C19H26BrClN2O3. The number of carbonyl (C=O) groups is 1. The van der Waals surface area contributed by atoms with E-state index in [9.17, 15) is 9.90 Å². The fraction of sp³-hybridized carbons (Fsp3) is 0.632. The van der Waals surface area contributed by atoms with Crippen LogP contribution in [-0.2, 0) is 11.2 Å². The van der Waals surface area contributed by atoms with Gasteiger partial charge in [0.1, 0.15) is 5.60 Å². The number of aryl methyl sites for hydroxylation is 1. The number of rotatable bonds is 2. The fourth-order valence-electron chi connectivity index (χ4n) is 3.88. The molecule has 1 saturated heterocycles. The third-order valence-corrected chi connectivity index (χ3v) is 5.73. The molecule has 1 fully saturated rings. The molecule has 7 heteroatoms. The van der Waals surface area contributed by atoms with Crippen LogP contribution in [0.2, 0.25) is 5.02 Å². The predicted molar refractivity (Wildman–Crippen MR) is 107 cm³/mol. The first-order valence-electron chi connectivity index (χ1n) is 9.04. The number of nitrogens with zero attached hydrogens (tertiary/aromatic N) is 2. The summed E-state index contributed by atoms with van der Waals surface area (Å²) in [6.07, 6.45) is 2.42. The lowest BCUT2D eigenvalue weighted by Crippen LogP contribution is -2.44. The molecule has 2 aliphatic rings. The van der Waals surface area contributed by atoms with Crippen LogP contribution >= 0.6 is 27.5 Å². The summed E-state index contributed by atoms with van der Waals surface area (Å²) in [5.41, 5.74) is 1.84. The number of ether oxygens (including phenoxy) is 1. The van der Waals surface area contributed by atoms with E-state index >= 15 is 0 Å². The molecule has 0 aromatic heterocycles. The smallest absolute Gasteiger partial charge is 0.410 e. The second-order valence-electron chi connectivity index (χ2n) is 8.05. The van der Waals surface area contributed by atoms with Crippen LogP contribution in [0, 0.1) is 0 Å². The average molecular weight is 446 g/mol. The highest BCUT2D eigenvalue weighted by Crippen LogP contribution is 2.40. The van der Waals surface area contributed by atoms with Crippen molar-refractivity contribution in [2.45, 2.75) is 57.7 Å². The largest absolute Gasteiger partial charge is 0.444 e. The maximum absolute atomic E-state index is 12.6. The second-order valence-corrected chi connectivity index (χ2v) is 9.34. The Labute approximate surface area is 168 Å². The maximum atomic E-state index is 12.6. The first-order chi connectivity index (χ1) is 12.2. The quantitative estimate of drug-likeness (QED) is 0.740. The van der Waals surface area contributed by atoms with Crippen LogP contribution in [0.3, 0.4) is 0 Å². The molecule has 2 atom stereocenters. The van der Waals surface area contributed by atoms with Crippen LogP contribution < -0.4 is 4.90 Å². The van der Waals surface area contributed by atoms with Gasteiger partial charge in [-0.3, -0.25) is 0 Å². The van der Waals surface area contributed by atoms with E-state index in [1.807, 2.05) is 32.9 Å². The first-order valence-corrected chi connectivity index (χ1v) is 10.2. The summed E-state index contributed by atoms with van der Waals surface area (Å²) >= 11 is 9.87. The topological polar surface area (TPSA) is 53.0 Å². The molecule has 0 aliphatic carbocycles. The van der Waals surface area contributed by atoms with Crippen molar-refractivity contribution in [3.8, 4) is 0 Å². The van der Waals surface area contributed by atoms with Gasteiger partial charge in [-0.05, 0) is 73.7 Å². The molecule has 26 heavy (non-hydrogen) atoms. The molecule has 1 amide bonds. The van der Waals surface area contributed by atoms with Gasteiger partial charge in [-0.15, -0.1) is 0 Å². The van der Waals surface area contributed by atoms with E-state index in [2.05, 4.69) is 20.8 Å². The van der Waals surface area contributed by atoms with Gasteiger partial charge in [0.05, 0.1) is 18.3 Å². The summed E-state index contributed by atoms with van der Waals surface area (Å²) in [6, 6.07) is 3.88. The van der Waals surface area contributed by atoms with E-state index in [1.54, 1.807) is 4.90 Å². The SMILES string of the molecule is CC(C)(C)OC(=O)N1C[C@@H](N2CCCc3cc(Cl)cc(Br)c32)C[C@H]1CO. The zero-order chi connectivity index (χ0) is 19.1. The summed E-state index contributed by atoms with van der Waals surface area (Å²) in [5.74, 6) is 0. The summed E-state index contributed by atoms with van der Waals surface area (Å²) < 4.78 is 6.51. The Morgan fingerprint density at radius 3 is 2.81 bits per heavy atom. The Hall–Kier alpha value is -0.980. The van der Waals surface area contributed by atoms with Crippen LogP contribution in [0.1, 0.15) is 39.2 Å². The highest BCUT2D eigenvalue weighted by Gasteiger charge is 2.41. The molecule has 1 N–H and O–H groups in total. The molecule has 0 unspecified atom stereocenters. The van der Waals surface area contributed by atoms with Crippen molar-refractivity contribution >= 4 is 39.3 Å². The summed E-state index contributed by atoms with van der Waals surface area (Å²) in [7, 11) is 0. The highest BCUT2D eigenvalue weighted by molar-refractivity contribution is 9.10. The number of fused-ring (bicyclic) bond motifs is 1. The number of aliphatic hydroxyl groups excluding tert-OH is 1. The predicted octanol–water partition coefficient (Wildman–Crippen LogP) is 4.23. The molecule has 0 spiro atoms. The number of hydrogen-bond donors (Lipinski definition) is 1. The van der Waals surface area contributed by atoms with Crippen LogP contribution in [0.5, 0.6) is 0 Å². The van der Waals surface area contributed by atoms with Crippen molar-refractivity contribution in [2.24, 2.45) is 0 Å². The lowest BCUT2D eigenvalue weighted by Gasteiger charge is -2.37. The number of likely N-dealkylation sites (tertiary alicyclic amines) is 1. The zero-order valence-electron chi connectivity index (χ0n) is 15.5. The molecule has 5 nitrogen and oxygen atoms in total. The van der Waals surface area contributed by atoms with E-state index in [0.717, 1.165) is 41.0 Å². The van der Waals surface area contributed by atoms with Crippen molar-refractivity contribution < 1.29 is 14.6 Å². The van der Waals surface area contributed by atoms with Crippen LogP contribution in [0.4, 0.5) is 10.5 Å². The van der Waals surface area contributed by atoms with Crippen LogP contribution in [0.15, 0.2) is 16.6 Å². The van der Waals surface area contributed by atoms with Gasteiger partial charge >= 0.3 is 6.09 Å². The van der Waals surface area contributed by atoms with Gasteiger partial charge in [0.15, 0.2) is 0 Å². The second kappa shape index (κ2) is 7.56.